The highest BCUT2D eigenvalue weighted by atomic mass is 35.5. The van der Waals surface area contributed by atoms with Crippen LogP contribution >= 0.6 is 11.6 Å². The fourth-order valence-electron chi connectivity index (χ4n) is 1.83. The van der Waals surface area contributed by atoms with Gasteiger partial charge in [-0.2, -0.15) is 0 Å². The van der Waals surface area contributed by atoms with E-state index in [1.165, 1.54) is 6.07 Å². The smallest absolute Gasteiger partial charge is 0.292 e. The second-order valence-electron chi connectivity index (χ2n) is 3.99. The van der Waals surface area contributed by atoms with Gasteiger partial charge >= 0.3 is 0 Å². The Labute approximate surface area is 118 Å². The Bertz CT molecular complexity index is 426. The van der Waals surface area contributed by atoms with Crippen LogP contribution in [0.25, 0.3) is 0 Å². The van der Waals surface area contributed by atoms with Gasteiger partial charge in [-0.15, -0.1) is 11.6 Å². The van der Waals surface area contributed by atoms with E-state index in [0.29, 0.717) is 32.0 Å². The summed E-state index contributed by atoms with van der Waals surface area (Å²) in [7, 11) is 0. The van der Waals surface area contributed by atoms with Crippen LogP contribution in [0.4, 0.5) is 11.4 Å². The summed E-state index contributed by atoms with van der Waals surface area (Å²) >= 11 is 5.72. The molecule has 0 saturated heterocycles. The van der Waals surface area contributed by atoms with Gasteiger partial charge in [0.2, 0.25) is 0 Å². The highest BCUT2D eigenvalue weighted by molar-refractivity contribution is 6.17. The monoisotopic (exact) mass is 286 g/mol. The first-order valence-corrected chi connectivity index (χ1v) is 6.83. The van der Waals surface area contributed by atoms with E-state index in [1.807, 2.05) is 24.8 Å². The third-order valence-electron chi connectivity index (χ3n) is 2.82. The summed E-state index contributed by atoms with van der Waals surface area (Å²) in [6, 6.07) is 5.11. The van der Waals surface area contributed by atoms with Crippen molar-refractivity contribution in [3.05, 3.63) is 33.9 Å². The summed E-state index contributed by atoms with van der Waals surface area (Å²) in [6.07, 6.45) is 0. The zero-order chi connectivity index (χ0) is 14.3. The molecule has 0 heterocycles. The average molecular weight is 287 g/mol. The predicted molar refractivity (Wildman–Crippen MR) is 77.0 cm³/mol. The molecule has 0 bridgehead atoms. The topological polar surface area (TPSA) is 55.6 Å². The van der Waals surface area contributed by atoms with Crippen LogP contribution in [0.5, 0.6) is 0 Å². The molecule has 0 saturated carbocycles. The minimum atomic E-state index is -0.366. The summed E-state index contributed by atoms with van der Waals surface area (Å²) in [4.78, 5) is 12.7. The van der Waals surface area contributed by atoms with E-state index >= 15 is 0 Å². The second-order valence-corrected chi connectivity index (χ2v) is 4.26. The molecule has 0 atom stereocenters. The Balaban J connectivity index is 2.98. The average Bonchev–Trinajstić information content (AvgIpc) is 2.43. The van der Waals surface area contributed by atoms with Crippen LogP contribution in [0.1, 0.15) is 19.4 Å². The summed E-state index contributed by atoms with van der Waals surface area (Å²) in [5.74, 6) is 0.270. The largest absolute Gasteiger partial charge is 0.380 e. The minimum absolute atomic E-state index is 0.0940. The number of hydrogen-bond acceptors (Lipinski definition) is 4. The Hall–Kier alpha value is -1.33. The number of hydrogen-bond donors (Lipinski definition) is 0. The van der Waals surface area contributed by atoms with Gasteiger partial charge in [-0.05, 0) is 25.5 Å². The number of rotatable bonds is 8. The van der Waals surface area contributed by atoms with E-state index in [4.69, 9.17) is 16.3 Å². The van der Waals surface area contributed by atoms with E-state index in [0.717, 1.165) is 5.56 Å². The number of nitrogens with zero attached hydrogens (tertiary/aromatic N) is 2. The maximum Gasteiger partial charge on any atom is 0.292 e. The fourth-order valence-corrected chi connectivity index (χ4v) is 2.00. The lowest BCUT2D eigenvalue weighted by Crippen LogP contribution is -2.27. The van der Waals surface area contributed by atoms with Gasteiger partial charge in [0.25, 0.3) is 5.69 Å². The number of nitro benzene ring substituents is 1. The number of halogens is 1. The van der Waals surface area contributed by atoms with Gasteiger partial charge in [0.15, 0.2) is 0 Å². The van der Waals surface area contributed by atoms with Crippen molar-refractivity contribution in [3.8, 4) is 0 Å². The van der Waals surface area contributed by atoms with E-state index in [-0.39, 0.29) is 16.5 Å². The number of likely N-dealkylation sites (N-methyl/N-ethyl adjacent to an activating group) is 1. The summed E-state index contributed by atoms with van der Waals surface area (Å²) in [6.45, 7) is 6.41. The molecule has 0 aliphatic carbocycles. The van der Waals surface area contributed by atoms with Crippen LogP contribution in [0.15, 0.2) is 18.2 Å². The molecule has 0 fully saturated rings. The van der Waals surface area contributed by atoms with Gasteiger partial charge in [-0.3, -0.25) is 10.1 Å². The SMILES string of the molecule is CCOCCN(CC)c1ccc(CCl)cc1[N+](=O)[O-]. The van der Waals surface area contributed by atoms with Crippen molar-refractivity contribution in [2.45, 2.75) is 19.7 Å². The van der Waals surface area contributed by atoms with Crippen LogP contribution < -0.4 is 4.90 Å². The second kappa shape index (κ2) is 7.96. The molecule has 6 heteroatoms. The number of ether oxygens (including phenoxy) is 1. The summed E-state index contributed by atoms with van der Waals surface area (Å²) in [5.41, 5.74) is 1.45. The lowest BCUT2D eigenvalue weighted by Gasteiger charge is -2.22. The van der Waals surface area contributed by atoms with Crippen molar-refractivity contribution >= 4 is 23.0 Å². The van der Waals surface area contributed by atoms with Gasteiger partial charge in [0.05, 0.1) is 11.5 Å². The quantitative estimate of drug-likeness (QED) is 0.319. The molecule has 0 spiro atoms. The molecule has 1 aromatic rings. The van der Waals surface area contributed by atoms with Crippen LogP contribution in [0.2, 0.25) is 0 Å². The Morgan fingerprint density at radius 3 is 2.68 bits per heavy atom. The van der Waals surface area contributed by atoms with Gasteiger partial charge in [-0.1, -0.05) is 6.07 Å². The van der Waals surface area contributed by atoms with E-state index in [2.05, 4.69) is 0 Å². The number of benzene rings is 1. The molecule has 0 amide bonds. The fraction of sp³-hybridized carbons (Fsp3) is 0.538. The standard InChI is InChI=1S/C13H19ClN2O3/c1-3-15(7-8-19-4-2)12-6-5-11(10-14)9-13(12)16(17)18/h5-6,9H,3-4,7-8,10H2,1-2H3. The molecular weight excluding hydrogens is 268 g/mol. The first-order chi connectivity index (χ1) is 9.13. The zero-order valence-electron chi connectivity index (χ0n) is 11.3. The van der Waals surface area contributed by atoms with Crippen molar-refractivity contribution in [3.63, 3.8) is 0 Å². The Kier molecular flexibility index (Phi) is 6.59. The third-order valence-corrected chi connectivity index (χ3v) is 3.13. The number of alkyl halides is 1. The minimum Gasteiger partial charge on any atom is -0.380 e. The van der Waals surface area contributed by atoms with Gasteiger partial charge in [-0.25, -0.2) is 0 Å². The first kappa shape index (κ1) is 15.7. The molecule has 1 rings (SSSR count). The van der Waals surface area contributed by atoms with E-state index in [1.54, 1.807) is 6.07 Å². The molecule has 106 valence electrons. The maximum absolute atomic E-state index is 11.1. The number of anilines is 1. The van der Waals surface area contributed by atoms with Gasteiger partial charge in [0.1, 0.15) is 5.69 Å². The molecule has 0 N–H and O–H groups in total. The van der Waals surface area contributed by atoms with Gasteiger partial charge in [0, 0.05) is 31.6 Å². The molecule has 0 unspecified atom stereocenters. The highest BCUT2D eigenvalue weighted by Gasteiger charge is 2.18. The van der Waals surface area contributed by atoms with Gasteiger partial charge < -0.3 is 9.64 Å². The third kappa shape index (κ3) is 4.36. The van der Waals surface area contributed by atoms with Crippen LogP contribution in [-0.4, -0.2) is 31.2 Å². The summed E-state index contributed by atoms with van der Waals surface area (Å²) < 4.78 is 5.30. The van der Waals surface area contributed by atoms with Crippen molar-refractivity contribution in [2.75, 3.05) is 31.2 Å². The molecule has 19 heavy (non-hydrogen) atoms. The Morgan fingerprint density at radius 1 is 1.42 bits per heavy atom. The van der Waals surface area contributed by atoms with E-state index < -0.39 is 0 Å². The highest BCUT2D eigenvalue weighted by Crippen LogP contribution is 2.29. The lowest BCUT2D eigenvalue weighted by molar-refractivity contribution is -0.384. The normalized spacial score (nSPS) is 10.5. The lowest BCUT2D eigenvalue weighted by atomic mass is 10.1. The van der Waals surface area contributed by atoms with Crippen LogP contribution in [0.3, 0.4) is 0 Å². The molecule has 0 radical (unpaired) electrons. The first-order valence-electron chi connectivity index (χ1n) is 6.30. The van der Waals surface area contributed by atoms with Crippen molar-refractivity contribution in [1.82, 2.24) is 0 Å². The Morgan fingerprint density at radius 2 is 2.16 bits per heavy atom. The zero-order valence-corrected chi connectivity index (χ0v) is 12.0. The van der Waals surface area contributed by atoms with Crippen molar-refractivity contribution in [1.29, 1.82) is 0 Å². The van der Waals surface area contributed by atoms with Crippen LogP contribution in [-0.2, 0) is 10.6 Å². The molecule has 0 aromatic heterocycles. The van der Waals surface area contributed by atoms with Crippen molar-refractivity contribution in [2.24, 2.45) is 0 Å². The summed E-state index contributed by atoms with van der Waals surface area (Å²) in [5, 5.41) is 11.1. The van der Waals surface area contributed by atoms with Crippen molar-refractivity contribution < 1.29 is 9.66 Å². The molecular formula is C13H19ClN2O3. The van der Waals surface area contributed by atoms with E-state index in [9.17, 15) is 10.1 Å². The maximum atomic E-state index is 11.1. The molecule has 0 aliphatic rings. The predicted octanol–water partition coefficient (Wildman–Crippen LogP) is 3.20. The molecule has 1 aromatic carbocycles. The van der Waals surface area contributed by atoms with Crippen LogP contribution in [0, 0.1) is 10.1 Å². The molecule has 5 nitrogen and oxygen atoms in total. The molecule has 0 aliphatic heterocycles. The number of nitro groups is 1.